The Morgan fingerprint density at radius 3 is 2.74 bits per heavy atom. The van der Waals surface area contributed by atoms with Crippen LogP contribution in [0.15, 0.2) is 59.3 Å². The Kier molecular flexibility index (Phi) is 4.25. The highest BCUT2D eigenvalue weighted by Crippen LogP contribution is 2.36. The smallest absolute Gasteiger partial charge is 0.322 e. The molecule has 0 radical (unpaired) electrons. The van der Waals surface area contributed by atoms with E-state index in [1.54, 1.807) is 36.7 Å². The van der Waals surface area contributed by atoms with Gasteiger partial charge in [-0.2, -0.15) is 5.10 Å². The summed E-state index contributed by atoms with van der Waals surface area (Å²) in [6.45, 7) is 0.211. The molecule has 0 aliphatic carbocycles. The molecule has 1 fully saturated rings. The minimum absolute atomic E-state index is 0.0885. The van der Waals surface area contributed by atoms with Crippen molar-refractivity contribution in [3.8, 4) is 16.9 Å². The predicted molar refractivity (Wildman–Crippen MR) is 120 cm³/mol. The van der Waals surface area contributed by atoms with Crippen LogP contribution < -0.4 is 15.4 Å². The number of amides is 4. The minimum Gasteiger partial charge on any atom is -0.497 e. The van der Waals surface area contributed by atoms with Crippen molar-refractivity contribution in [2.45, 2.75) is 12.1 Å². The van der Waals surface area contributed by atoms with E-state index in [9.17, 15) is 14.4 Å². The zero-order chi connectivity index (χ0) is 23.4. The molecule has 2 aromatic heterocycles. The van der Waals surface area contributed by atoms with Gasteiger partial charge in [0.05, 0.1) is 19.9 Å². The van der Waals surface area contributed by atoms with Gasteiger partial charge in [-0.1, -0.05) is 12.1 Å². The number of nitrogens with one attached hydrogen (secondary N) is 3. The summed E-state index contributed by atoms with van der Waals surface area (Å²) >= 11 is 0. The molecule has 3 N–H and O–H groups in total. The molecule has 4 amide bonds. The number of rotatable bonds is 5. The van der Waals surface area contributed by atoms with Gasteiger partial charge in [-0.15, -0.1) is 0 Å². The monoisotopic (exact) mass is 457 g/mol. The first-order valence-electron chi connectivity index (χ1n) is 10.6. The van der Waals surface area contributed by atoms with Crippen LogP contribution in [0.1, 0.15) is 21.7 Å². The molecule has 2 aliphatic rings. The maximum atomic E-state index is 13.1. The van der Waals surface area contributed by atoms with Crippen molar-refractivity contribution >= 4 is 28.8 Å². The first-order chi connectivity index (χ1) is 16.5. The number of fused-ring (bicyclic) bond motifs is 2. The van der Waals surface area contributed by atoms with Gasteiger partial charge in [-0.05, 0) is 41.5 Å². The van der Waals surface area contributed by atoms with Crippen LogP contribution in [0.5, 0.6) is 5.75 Å². The third-order valence-corrected chi connectivity index (χ3v) is 6.33. The molecule has 0 unspecified atom stereocenters. The molecular formula is C24H19N5O5. The van der Waals surface area contributed by atoms with E-state index in [4.69, 9.17) is 9.15 Å². The number of H-pyrrole nitrogens is 1. The van der Waals surface area contributed by atoms with Crippen molar-refractivity contribution in [1.29, 1.82) is 0 Å². The summed E-state index contributed by atoms with van der Waals surface area (Å²) in [6.07, 6.45) is 3.49. The summed E-state index contributed by atoms with van der Waals surface area (Å²) in [5.74, 6) is -0.00801. The molecule has 0 saturated carbocycles. The summed E-state index contributed by atoms with van der Waals surface area (Å²) < 4.78 is 11.3. The number of aromatic amines is 1. The number of urea groups is 1. The minimum atomic E-state index is -1.56. The quantitative estimate of drug-likeness (QED) is 0.395. The van der Waals surface area contributed by atoms with E-state index in [1.807, 2.05) is 18.2 Å². The fraction of sp³-hybridized carbons (Fsp3) is 0.167. The normalized spacial score (nSPS) is 19.4. The molecule has 0 spiro atoms. The van der Waals surface area contributed by atoms with Gasteiger partial charge in [-0.25, -0.2) is 4.79 Å². The fourth-order valence-electron chi connectivity index (χ4n) is 4.58. The average molecular weight is 457 g/mol. The topological polar surface area (TPSA) is 130 Å². The SMILES string of the molecule is COc1ccc2c(c1)C(=O)N(C[C@@]1(c3cc4cc(-c5cn[nH]c5)ccc4o3)NC(=O)NC1=O)C2. The number of aromatic nitrogens is 2. The Morgan fingerprint density at radius 1 is 1.12 bits per heavy atom. The highest BCUT2D eigenvalue weighted by atomic mass is 16.5. The molecule has 10 heteroatoms. The van der Waals surface area contributed by atoms with E-state index in [1.165, 1.54) is 12.0 Å². The van der Waals surface area contributed by atoms with Gasteiger partial charge < -0.3 is 19.4 Å². The summed E-state index contributed by atoms with van der Waals surface area (Å²) in [5.41, 5.74) is 2.14. The largest absolute Gasteiger partial charge is 0.497 e. The summed E-state index contributed by atoms with van der Waals surface area (Å²) in [6, 6.07) is 12.0. The van der Waals surface area contributed by atoms with Crippen molar-refractivity contribution in [1.82, 2.24) is 25.7 Å². The molecule has 4 aromatic rings. The Balaban J connectivity index is 1.39. The van der Waals surface area contributed by atoms with E-state index in [2.05, 4.69) is 20.8 Å². The average Bonchev–Trinajstić information content (AvgIpc) is 3.61. The van der Waals surface area contributed by atoms with Gasteiger partial charge in [0.25, 0.3) is 11.8 Å². The lowest BCUT2D eigenvalue weighted by Gasteiger charge is -2.29. The standard InChI is InChI=1S/C24H19N5O5/c1-33-17-4-2-14-11-29(21(30)18(14)8-17)12-24(22(31)27-23(32)28-24)20-7-15-6-13(3-5-19(15)34-20)16-9-25-26-10-16/h2-10H,11-12H2,1H3,(H,25,26)(H2,27,28,31,32)/t24-/m0/s1. The number of carbonyl (C=O) groups is 3. The van der Waals surface area contributed by atoms with Crippen LogP contribution in [-0.4, -0.2) is 46.6 Å². The highest BCUT2D eigenvalue weighted by Gasteiger charge is 2.53. The number of nitrogens with zero attached hydrogens (tertiary/aromatic N) is 2. The van der Waals surface area contributed by atoms with E-state index >= 15 is 0 Å². The fourth-order valence-corrected chi connectivity index (χ4v) is 4.58. The van der Waals surface area contributed by atoms with E-state index in [0.717, 1.165) is 22.1 Å². The lowest BCUT2D eigenvalue weighted by Crippen LogP contribution is -2.52. The van der Waals surface area contributed by atoms with Crippen molar-refractivity contribution in [3.05, 3.63) is 71.7 Å². The Labute approximate surface area is 192 Å². The van der Waals surface area contributed by atoms with Crippen molar-refractivity contribution < 1.29 is 23.5 Å². The van der Waals surface area contributed by atoms with Crippen molar-refractivity contribution in [2.75, 3.05) is 13.7 Å². The van der Waals surface area contributed by atoms with Crippen molar-refractivity contribution in [3.63, 3.8) is 0 Å². The number of ether oxygens (including phenoxy) is 1. The van der Waals surface area contributed by atoms with Gasteiger partial charge in [-0.3, -0.25) is 20.0 Å². The van der Waals surface area contributed by atoms with Crippen LogP contribution in [0.2, 0.25) is 0 Å². The molecule has 2 aromatic carbocycles. The van der Waals surface area contributed by atoms with Crippen LogP contribution in [0.25, 0.3) is 22.1 Å². The van der Waals surface area contributed by atoms with Crippen LogP contribution in [0.3, 0.4) is 0 Å². The second-order valence-corrected chi connectivity index (χ2v) is 8.35. The third kappa shape index (κ3) is 2.95. The van der Waals surface area contributed by atoms with Crippen LogP contribution >= 0.6 is 0 Å². The molecule has 4 heterocycles. The maximum absolute atomic E-state index is 13.1. The number of imide groups is 1. The van der Waals surface area contributed by atoms with E-state index in [0.29, 0.717) is 23.4 Å². The number of hydrogen-bond donors (Lipinski definition) is 3. The molecule has 170 valence electrons. The Hall–Kier alpha value is -4.60. The Morgan fingerprint density at radius 2 is 2.00 bits per heavy atom. The number of hydrogen-bond acceptors (Lipinski definition) is 6. The highest BCUT2D eigenvalue weighted by molar-refractivity contribution is 6.08. The molecule has 34 heavy (non-hydrogen) atoms. The molecule has 0 bridgehead atoms. The second-order valence-electron chi connectivity index (χ2n) is 8.35. The molecule has 1 atom stereocenters. The van der Waals surface area contributed by atoms with Gasteiger partial charge in [0.15, 0.2) is 5.54 Å². The van der Waals surface area contributed by atoms with Gasteiger partial charge >= 0.3 is 6.03 Å². The van der Waals surface area contributed by atoms with Crippen molar-refractivity contribution in [2.24, 2.45) is 0 Å². The number of furan rings is 1. The zero-order valence-corrected chi connectivity index (χ0v) is 18.0. The van der Waals surface area contributed by atoms with Gasteiger partial charge in [0.1, 0.15) is 17.1 Å². The molecule has 2 aliphatic heterocycles. The summed E-state index contributed by atoms with van der Waals surface area (Å²) in [7, 11) is 1.53. The van der Waals surface area contributed by atoms with Crippen LogP contribution in [-0.2, 0) is 16.9 Å². The number of benzene rings is 2. The predicted octanol–water partition coefficient (Wildman–Crippen LogP) is 2.52. The van der Waals surface area contributed by atoms with Gasteiger partial charge in [0, 0.05) is 29.3 Å². The molecule has 10 nitrogen and oxygen atoms in total. The van der Waals surface area contributed by atoms with E-state index in [-0.39, 0.29) is 18.2 Å². The summed E-state index contributed by atoms with van der Waals surface area (Å²) in [4.78, 5) is 40.0. The first-order valence-corrected chi connectivity index (χ1v) is 10.6. The summed E-state index contributed by atoms with van der Waals surface area (Å²) in [5, 5.41) is 12.5. The molecule has 6 rings (SSSR count). The molecular weight excluding hydrogens is 438 g/mol. The van der Waals surface area contributed by atoms with Gasteiger partial charge in [0.2, 0.25) is 0 Å². The maximum Gasteiger partial charge on any atom is 0.322 e. The number of methoxy groups -OCH3 is 1. The third-order valence-electron chi connectivity index (χ3n) is 6.33. The number of carbonyl (C=O) groups excluding carboxylic acids is 3. The molecule has 1 saturated heterocycles. The lowest BCUT2D eigenvalue weighted by atomic mass is 9.95. The lowest BCUT2D eigenvalue weighted by molar-refractivity contribution is -0.125. The van der Waals surface area contributed by atoms with E-state index < -0.39 is 17.5 Å². The van der Waals surface area contributed by atoms with Crippen LogP contribution in [0.4, 0.5) is 4.79 Å². The Bertz CT molecular complexity index is 1470. The second kappa shape index (κ2) is 7.20. The van der Waals surface area contributed by atoms with Crippen LogP contribution in [0, 0.1) is 0 Å². The zero-order valence-electron chi connectivity index (χ0n) is 18.0. The first kappa shape index (κ1) is 20.0.